The molecule has 19 heavy (non-hydrogen) atoms. The third-order valence-electron chi connectivity index (χ3n) is 4.25. The van der Waals surface area contributed by atoms with Crippen LogP contribution in [0.3, 0.4) is 0 Å². The quantitative estimate of drug-likeness (QED) is 0.760. The average molecular weight is 256 g/mol. The Morgan fingerprint density at radius 2 is 1.84 bits per heavy atom. The fourth-order valence-corrected chi connectivity index (χ4v) is 3.05. The Morgan fingerprint density at radius 1 is 1.16 bits per heavy atom. The second-order valence-corrected chi connectivity index (χ2v) is 5.96. The molecule has 3 rings (SSSR count). The number of hydrogen-bond donors (Lipinski definition) is 0. The van der Waals surface area contributed by atoms with E-state index in [1.165, 1.54) is 6.42 Å². The minimum absolute atomic E-state index is 0.126. The van der Waals surface area contributed by atoms with Gasteiger partial charge in [-0.25, -0.2) is 4.99 Å². The van der Waals surface area contributed by atoms with Gasteiger partial charge in [0.05, 0.1) is 5.69 Å². The van der Waals surface area contributed by atoms with Crippen LogP contribution < -0.4 is 0 Å². The van der Waals surface area contributed by atoms with Gasteiger partial charge in [0.25, 0.3) is 5.91 Å². The van der Waals surface area contributed by atoms with E-state index in [2.05, 4.69) is 24.9 Å². The molecule has 100 valence electrons. The number of para-hydroxylation sites is 1. The Hall–Kier alpha value is -1.64. The maximum Gasteiger partial charge on any atom is 0.269 e. The largest absolute Gasteiger partial charge is 0.338 e. The minimum atomic E-state index is -0.273. The molecule has 0 bridgehead atoms. The molecular formula is C16H20N2O. The molecule has 0 unspecified atom stereocenters. The number of likely N-dealkylation sites (tertiary alicyclic amines) is 1. The lowest BCUT2D eigenvalue weighted by Gasteiger charge is -2.30. The van der Waals surface area contributed by atoms with E-state index < -0.39 is 0 Å². The molecule has 0 saturated carbocycles. The second-order valence-electron chi connectivity index (χ2n) is 5.96. The smallest absolute Gasteiger partial charge is 0.269 e. The van der Waals surface area contributed by atoms with E-state index in [1.54, 1.807) is 0 Å². The van der Waals surface area contributed by atoms with E-state index in [4.69, 9.17) is 0 Å². The van der Waals surface area contributed by atoms with Crippen LogP contribution in [0.4, 0.5) is 5.69 Å². The minimum Gasteiger partial charge on any atom is -0.338 e. The molecule has 1 aromatic rings. The van der Waals surface area contributed by atoms with Crippen molar-refractivity contribution in [2.45, 2.75) is 38.5 Å². The van der Waals surface area contributed by atoms with Gasteiger partial charge in [-0.1, -0.05) is 18.2 Å². The van der Waals surface area contributed by atoms with Crippen molar-refractivity contribution in [1.29, 1.82) is 0 Å². The number of carbonyl (C=O) groups is 1. The molecule has 0 aliphatic carbocycles. The van der Waals surface area contributed by atoms with Crippen molar-refractivity contribution in [3.05, 3.63) is 29.8 Å². The summed E-state index contributed by atoms with van der Waals surface area (Å²) >= 11 is 0. The number of fused-ring (bicyclic) bond motifs is 1. The van der Waals surface area contributed by atoms with Crippen LogP contribution >= 0.6 is 0 Å². The van der Waals surface area contributed by atoms with Crippen LogP contribution in [-0.4, -0.2) is 29.6 Å². The maximum atomic E-state index is 12.7. The molecule has 2 aliphatic rings. The predicted molar refractivity (Wildman–Crippen MR) is 77.0 cm³/mol. The van der Waals surface area contributed by atoms with Crippen molar-refractivity contribution in [3.63, 3.8) is 0 Å². The molecule has 0 atom stereocenters. The molecule has 0 radical (unpaired) electrons. The Bertz CT molecular complexity index is 539. The summed E-state index contributed by atoms with van der Waals surface area (Å²) in [6.45, 7) is 5.95. The normalized spacial score (nSPS) is 20.9. The average Bonchev–Trinajstić information content (AvgIpc) is 2.71. The van der Waals surface area contributed by atoms with Gasteiger partial charge in [0.15, 0.2) is 0 Å². The first-order chi connectivity index (χ1) is 9.10. The lowest BCUT2D eigenvalue weighted by molar-refractivity contribution is -0.125. The van der Waals surface area contributed by atoms with Crippen molar-refractivity contribution in [1.82, 2.24) is 4.90 Å². The third-order valence-corrected chi connectivity index (χ3v) is 4.25. The van der Waals surface area contributed by atoms with Crippen molar-refractivity contribution in [2.75, 3.05) is 13.1 Å². The lowest BCUT2D eigenvalue weighted by atomic mass is 9.81. The van der Waals surface area contributed by atoms with Crippen molar-refractivity contribution >= 4 is 17.3 Å². The zero-order valence-corrected chi connectivity index (χ0v) is 11.6. The number of benzene rings is 1. The van der Waals surface area contributed by atoms with E-state index in [-0.39, 0.29) is 11.3 Å². The first kappa shape index (κ1) is 12.4. The summed E-state index contributed by atoms with van der Waals surface area (Å²) in [5.41, 5.74) is 2.55. The van der Waals surface area contributed by atoms with Gasteiger partial charge in [0.2, 0.25) is 0 Å². The standard InChI is InChI=1S/C16H20N2O/c1-16(2)12-8-4-5-9-13(12)17-14(16)15(19)18-10-6-3-7-11-18/h4-5,8-9H,3,6-7,10-11H2,1-2H3. The topological polar surface area (TPSA) is 32.7 Å². The summed E-state index contributed by atoms with van der Waals surface area (Å²) in [6, 6.07) is 8.07. The molecule has 0 aromatic heterocycles. The van der Waals surface area contributed by atoms with Gasteiger partial charge < -0.3 is 4.90 Å². The van der Waals surface area contributed by atoms with E-state index in [1.807, 2.05) is 23.1 Å². The van der Waals surface area contributed by atoms with Crippen LogP contribution in [0.2, 0.25) is 0 Å². The maximum absolute atomic E-state index is 12.7. The number of amides is 1. The molecule has 1 aromatic carbocycles. The molecule has 3 nitrogen and oxygen atoms in total. The number of aliphatic imine (C=N–C) groups is 1. The molecule has 3 heteroatoms. The summed E-state index contributed by atoms with van der Waals surface area (Å²) in [5, 5.41) is 0. The zero-order chi connectivity index (χ0) is 13.5. The van der Waals surface area contributed by atoms with Crippen LogP contribution in [0.15, 0.2) is 29.3 Å². The van der Waals surface area contributed by atoms with E-state index in [9.17, 15) is 4.79 Å². The van der Waals surface area contributed by atoms with Gasteiger partial charge in [0, 0.05) is 18.5 Å². The Kier molecular flexibility index (Phi) is 2.92. The molecule has 2 aliphatic heterocycles. The van der Waals surface area contributed by atoms with Crippen molar-refractivity contribution < 1.29 is 4.79 Å². The fourth-order valence-electron chi connectivity index (χ4n) is 3.05. The molecular weight excluding hydrogens is 236 g/mol. The van der Waals surface area contributed by atoms with E-state index in [0.29, 0.717) is 5.71 Å². The lowest BCUT2D eigenvalue weighted by Crippen LogP contribution is -2.45. The number of hydrogen-bond acceptors (Lipinski definition) is 2. The highest BCUT2D eigenvalue weighted by Gasteiger charge is 2.40. The highest BCUT2D eigenvalue weighted by Crippen LogP contribution is 2.40. The van der Waals surface area contributed by atoms with Crippen LogP contribution in [0.1, 0.15) is 38.7 Å². The summed E-state index contributed by atoms with van der Waals surface area (Å²) < 4.78 is 0. The van der Waals surface area contributed by atoms with Gasteiger partial charge in [0.1, 0.15) is 5.71 Å². The monoisotopic (exact) mass is 256 g/mol. The van der Waals surface area contributed by atoms with Crippen molar-refractivity contribution in [2.24, 2.45) is 4.99 Å². The number of piperidine rings is 1. The molecule has 1 fully saturated rings. The summed E-state index contributed by atoms with van der Waals surface area (Å²) in [6.07, 6.45) is 3.47. The summed E-state index contributed by atoms with van der Waals surface area (Å²) in [7, 11) is 0. The molecule has 0 N–H and O–H groups in total. The van der Waals surface area contributed by atoms with Crippen LogP contribution in [-0.2, 0) is 10.2 Å². The number of rotatable bonds is 1. The fraction of sp³-hybridized carbons (Fsp3) is 0.500. The van der Waals surface area contributed by atoms with E-state index in [0.717, 1.165) is 37.2 Å². The van der Waals surface area contributed by atoms with Gasteiger partial charge in [-0.3, -0.25) is 4.79 Å². The van der Waals surface area contributed by atoms with Crippen molar-refractivity contribution in [3.8, 4) is 0 Å². The third kappa shape index (κ3) is 1.97. The van der Waals surface area contributed by atoms with E-state index >= 15 is 0 Å². The molecule has 2 heterocycles. The van der Waals surface area contributed by atoms with Crippen LogP contribution in [0.5, 0.6) is 0 Å². The Morgan fingerprint density at radius 3 is 2.53 bits per heavy atom. The van der Waals surface area contributed by atoms with Gasteiger partial charge in [-0.05, 0) is 44.7 Å². The SMILES string of the molecule is CC1(C)C(C(=O)N2CCCCC2)=Nc2ccccc21. The van der Waals surface area contributed by atoms with Crippen LogP contribution in [0, 0.1) is 0 Å². The Balaban J connectivity index is 1.92. The second kappa shape index (κ2) is 4.48. The first-order valence-corrected chi connectivity index (χ1v) is 7.08. The molecule has 1 saturated heterocycles. The zero-order valence-electron chi connectivity index (χ0n) is 11.6. The van der Waals surface area contributed by atoms with Gasteiger partial charge in [-0.2, -0.15) is 0 Å². The number of carbonyl (C=O) groups excluding carboxylic acids is 1. The van der Waals surface area contributed by atoms with Gasteiger partial charge >= 0.3 is 0 Å². The molecule has 0 spiro atoms. The number of nitrogens with zero attached hydrogens (tertiary/aromatic N) is 2. The predicted octanol–water partition coefficient (Wildman–Crippen LogP) is 3.06. The molecule has 1 amide bonds. The van der Waals surface area contributed by atoms with Gasteiger partial charge in [-0.15, -0.1) is 0 Å². The Labute approximate surface area is 114 Å². The highest BCUT2D eigenvalue weighted by molar-refractivity contribution is 6.43. The first-order valence-electron chi connectivity index (χ1n) is 7.08. The van der Waals surface area contributed by atoms with Crippen LogP contribution in [0.25, 0.3) is 0 Å². The summed E-state index contributed by atoms with van der Waals surface area (Å²) in [4.78, 5) is 19.3. The summed E-state index contributed by atoms with van der Waals surface area (Å²) in [5.74, 6) is 0.126. The highest BCUT2D eigenvalue weighted by atomic mass is 16.2.